The number of carbonyl (C=O) groups is 3. The van der Waals surface area contributed by atoms with Crippen LogP contribution in [0, 0.1) is 29.1 Å². The number of amides is 3. The van der Waals surface area contributed by atoms with E-state index >= 15 is 0 Å². The van der Waals surface area contributed by atoms with Crippen LogP contribution in [0.4, 0.5) is 5.69 Å². The monoisotopic (exact) mass is 398 g/mol. The molecule has 3 unspecified atom stereocenters. The fourth-order valence-electron chi connectivity index (χ4n) is 3.75. The van der Waals surface area contributed by atoms with Gasteiger partial charge in [0.2, 0.25) is 17.7 Å². The Hall–Kier alpha value is -2.88. The molecule has 1 aliphatic rings. The molecule has 2 rings (SSSR count). The number of nitrogens with one attached hydrogen (secondary N) is 1. The number of nitriles is 1. The Morgan fingerprint density at radius 3 is 2.48 bits per heavy atom. The number of nitrogens with zero attached hydrogens (tertiary/aromatic N) is 3. The van der Waals surface area contributed by atoms with Gasteiger partial charge in [-0.25, -0.2) is 0 Å². The van der Waals surface area contributed by atoms with Gasteiger partial charge in [0.1, 0.15) is 6.04 Å². The van der Waals surface area contributed by atoms with E-state index in [-0.39, 0.29) is 36.7 Å². The van der Waals surface area contributed by atoms with Crippen LogP contribution < -0.4 is 5.32 Å². The van der Waals surface area contributed by atoms with Gasteiger partial charge in [0, 0.05) is 25.2 Å². The number of likely N-dealkylation sites (tertiary alicyclic amines) is 1. The number of hydrogen-bond donors (Lipinski definition) is 1. The Morgan fingerprint density at radius 2 is 1.90 bits per heavy atom. The third-order valence-electron chi connectivity index (χ3n) is 5.18. The molecule has 7 heteroatoms. The third-order valence-corrected chi connectivity index (χ3v) is 5.18. The van der Waals surface area contributed by atoms with Crippen LogP contribution in [0.5, 0.6) is 0 Å². The van der Waals surface area contributed by atoms with Crippen LogP contribution in [0.25, 0.3) is 0 Å². The normalized spacial score (nSPS) is 19.5. The molecular formula is C22H30N4O3. The van der Waals surface area contributed by atoms with Crippen molar-refractivity contribution in [2.75, 3.05) is 25.5 Å². The lowest BCUT2D eigenvalue weighted by Crippen LogP contribution is -2.44. The topological polar surface area (TPSA) is 93.5 Å². The van der Waals surface area contributed by atoms with E-state index < -0.39 is 12.0 Å². The summed E-state index contributed by atoms with van der Waals surface area (Å²) in [5.74, 6) is -0.824. The number of benzene rings is 1. The molecule has 0 aliphatic carbocycles. The molecule has 1 saturated heterocycles. The maximum atomic E-state index is 12.7. The smallest absolute Gasteiger partial charge is 0.243 e. The molecule has 3 amide bonds. The van der Waals surface area contributed by atoms with Gasteiger partial charge in [0.05, 0.1) is 18.5 Å². The van der Waals surface area contributed by atoms with Gasteiger partial charge in [-0.15, -0.1) is 0 Å². The van der Waals surface area contributed by atoms with Gasteiger partial charge >= 0.3 is 0 Å². The van der Waals surface area contributed by atoms with Gasteiger partial charge in [0.15, 0.2) is 0 Å². The molecule has 0 spiro atoms. The summed E-state index contributed by atoms with van der Waals surface area (Å²) >= 11 is 0. The largest absolute Gasteiger partial charge is 0.336 e. The van der Waals surface area contributed by atoms with Crippen LogP contribution in [0.15, 0.2) is 30.3 Å². The molecular weight excluding hydrogens is 368 g/mol. The maximum absolute atomic E-state index is 12.7. The Morgan fingerprint density at radius 1 is 1.24 bits per heavy atom. The molecule has 1 heterocycles. The van der Waals surface area contributed by atoms with E-state index in [1.165, 1.54) is 9.80 Å². The fourth-order valence-corrected chi connectivity index (χ4v) is 3.75. The summed E-state index contributed by atoms with van der Waals surface area (Å²) in [5.41, 5.74) is 0.681. The van der Waals surface area contributed by atoms with E-state index in [1.807, 2.05) is 25.1 Å². The van der Waals surface area contributed by atoms with Crippen LogP contribution in [0.2, 0.25) is 0 Å². The standard InChI is InChI=1S/C22H30N4O3/c1-15(2)10-16(3)22(29)25(4)14-20(27)26-13-17(11-19(26)12-23)21(28)24-18-8-6-5-7-9-18/h5-9,15-17,19H,10-11,13-14H2,1-4H3,(H,24,28). The predicted octanol–water partition coefficient (Wildman–Crippen LogP) is 2.51. The molecule has 1 aliphatic heterocycles. The minimum absolute atomic E-state index is 0.0851. The zero-order chi connectivity index (χ0) is 21.6. The Balaban J connectivity index is 1.96. The summed E-state index contributed by atoms with van der Waals surface area (Å²) in [4.78, 5) is 40.6. The first-order valence-corrected chi connectivity index (χ1v) is 10.0. The van der Waals surface area contributed by atoms with E-state index in [2.05, 4.69) is 25.2 Å². The second kappa shape index (κ2) is 10.1. The second-order valence-corrected chi connectivity index (χ2v) is 8.20. The maximum Gasteiger partial charge on any atom is 0.243 e. The Labute approximate surface area is 172 Å². The number of rotatable bonds is 7. The summed E-state index contributed by atoms with van der Waals surface area (Å²) in [5, 5.41) is 12.3. The molecule has 1 fully saturated rings. The van der Waals surface area contributed by atoms with Crippen LogP contribution in [-0.2, 0) is 14.4 Å². The average molecular weight is 399 g/mol. The highest BCUT2D eigenvalue weighted by Crippen LogP contribution is 2.25. The molecule has 0 bridgehead atoms. The molecule has 7 nitrogen and oxygen atoms in total. The molecule has 1 aromatic carbocycles. The molecule has 0 aromatic heterocycles. The summed E-state index contributed by atoms with van der Waals surface area (Å²) in [7, 11) is 1.61. The van der Waals surface area contributed by atoms with Crippen molar-refractivity contribution in [3.05, 3.63) is 30.3 Å². The van der Waals surface area contributed by atoms with Crippen molar-refractivity contribution < 1.29 is 14.4 Å². The van der Waals surface area contributed by atoms with Crippen LogP contribution in [0.1, 0.15) is 33.6 Å². The van der Waals surface area contributed by atoms with E-state index in [4.69, 9.17) is 0 Å². The van der Waals surface area contributed by atoms with E-state index in [0.29, 0.717) is 18.0 Å². The Bertz CT molecular complexity index is 772. The first-order chi connectivity index (χ1) is 13.7. The Kier molecular flexibility index (Phi) is 7.77. The predicted molar refractivity (Wildman–Crippen MR) is 111 cm³/mol. The quantitative estimate of drug-likeness (QED) is 0.764. The molecule has 1 N–H and O–H groups in total. The first kappa shape index (κ1) is 22.4. The summed E-state index contributed by atoms with van der Waals surface area (Å²) in [6.07, 6.45) is 1.05. The summed E-state index contributed by atoms with van der Waals surface area (Å²) < 4.78 is 0. The van der Waals surface area contributed by atoms with Gasteiger partial charge in [-0.3, -0.25) is 14.4 Å². The van der Waals surface area contributed by atoms with Crippen molar-refractivity contribution in [3.63, 3.8) is 0 Å². The molecule has 156 valence electrons. The highest BCUT2D eigenvalue weighted by molar-refractivity contribution is 5.94. The van der Waals surface area contributed by atoms with Gasteiger partial charge in [-0.05, 0) is 30.9 Å². The summed E-state index contributed by atoms with van der Waals surface area (Å²) in [6.45, 7) is 6.06. The molecule has 0 saturated carbocycles. The van der Waals surface area contributed by atoms with E-state index in [0.717, 1.165) is 6.42 Å². The minimum Gasteiger partial charge on any atom is -0.336 e. The SMILES string of the molecule is CC(C)CC(C)C(=O)N(C)CC(=O)N1CC(C(=O)Nc2ccccc2)CC1C#N. The van der Waals surface area contributed by atoms with Gasteiger partial charge < -0.3 is 15.1 Å². The molecule has 0 radical (unpaired) electrons. The van der Waals surface area contributed by atoms with Crippen molar-refractivity contribution in [3.8, 4) is 6.07 Å². The van der Waals surface area contributed by atoms with Crippen LogP contribution in [0.3, 0.4) is 0 Å². The number of carbonyl (C=O) groups excluding carboxylic acids is 3. The lowest BCUT2D eigenvalue weighted by atomic mass is 9.98. The van der Waals surface area contributed by atoms with Gasteiger partial charge in [-0.2, -0.15) is 5.26 Å². The zero-order valence-corrected chi connectivity index (χ0v) is 17.6. The van der Waals surface area contributed by atoms with E-state index in [9.17, 15) is 19.6 Å². The number of para-hydroxylation sites is 1. The minimum atomic E-state index is -0.661. The van der Waals surface area contributed by atoms with Crippen molar-refractivity contribution in [1.29, 1.82) is 5.26 Å². The van der Waals surface area contributed by atoms with Crippen LogP contribution >= 0.6 is 0 Å². The van der Waals surface area contributed by atoms with Crippen molar-refractivity contribution in [1.82, 2.24) is 9.80 Å². The highest BCUT2D eigenvalue weighted by Gasteiger charge is 2.39. The van der Waals surface area contributed by atoms with Gasteiger partial charge in [-0.1, -0.05) is 39.0 Å². The number of anilines is 1. The van der Waals surface area contributed by atoms with Crippen LogP contribution in [-0.4, -0.2) is 53.7 Å². The summed E-state index contributed by atoms with van der Waals surface area (Å²) in [6, 6.07) is 10.5. The first-order valence-electron chi connectivity index (χ1n) is 10.0. The van der Waals surface area contributed by atoms with Crippen molar-refractivity contribution in [2.24, 2.45) is 17.8 Å². The van der Waals surface area contributed by atoms with Crippen molar-refractivity contribution in [2.45, 2.75) is 39.7 Å². The molecule has 3 atom stereocenters. The second-order valence-electron chi connectivity index (χ2n) is 8.20. The lowest BCUT2D eigenvalue weighted by molar-refractivity contribution is -0.141. The number of hydrogen-bond acceptors (Lipinski definition) is 4. The zero-order valence-electron chi connectivity index (χ0n) is 17.6. The molecule has 29 heavy (non-hydrogen) atoms. The van der Waals surface area contributed by atoms with Gasteiger partial charge in [0.25, 0.3) is 0 Å². The molecule has 1 aromatic rings. The third kappa shape index (κ3) is 6.05. The average Bonchev–Trinajstić information content (AvgIpc) is 3.12. The number of likely N-dealkylation sites (N-methyl/N-ethyl adjacent to an activating group) is 1. The lowest BCUT2D eigenvalue weighted by Gasteiger charge is -2.26. The fraction of sp³-hybridized carbons (Fsp3) is 0.545. The van der Waals surface area contributed by atoms with E-state index in [1.54, 1.807) is 19.2 Å². The van der Waals surface area contributed by atoms with Crippen molar-refractivity contribution >= 4 is 23.4 Å². The highest BCUT2D eigenvalue weighted by atomic mass is 16.2.